The lowest BCUT2D eigenvalue weighted by Crippen LogP contribution is -2.28. The summed E-state index contributed by atoms with van der Waals surface area (Å²) in [7, 11) is 0. The number of aryl methyl sites for hydroxylation is 1. The number of anilines is 6. The highest BCUT2D eigenvalue weighted by molar-refractivity contribution is 5.89. The number of rotatable bonds is 35. The summed E-state index contributed by atoms with van der Waals surface area (Å²) in [6.45, 7) is 19.2. The lowest BCUT2D eigenvalue weighted by atomic mass is 10.0. The van der Waals surface area contributed by atoms with Crippen molar-refractivity contribution in [3.63, 3.8) is 0 Å². The van der Waals surface area contributed by atoms with Crippen LogP contribution in [0.5, 0.6) is 5.75 Å². The van der Waals surface area contributed by atoms with Crippen LogP contribution < -0.4 is 36.6 Å². The van der Waals surface area contributed by atoms with E-state index in [0.29, 0.717) is 65.7 Å². The summed E-state index contributed by atoms with van der Waals surface area (Å²) in [4.78, 5) is 107. The summed E-state index contributed by atoms with van der Waals surface area (Å²) in [6.07, 6.45) is -4.68. The second-order valence-corrected chi connectivity index (χ2v) is 26.4. The fourth-order valence-corrected chi connectivity index (χ4v) is 10.2. The Labute approximate surface area is 674 Å². The minimum Gasteiger partial charge on any atom is -0.464 e. The second-order valence-electron chi connectivity index (χ2n) is 26.4. The monoisotopic (exact) mass is 1600 g/mol. The van der Waals surface area contributed by atoms with E-state index in [9.17, 15) is 43.2 Å². The molecule has 8 rings (SSSR count). The number of carbonyl (C=O) groups is 9. The first-order chi connectivity index (χ1) is 55.6. The number of esters is 3. The lowest BCUT2D eigenvalue weighted by Gasteiger charge is -2.18. The Morgan fingerprint density at radius 1 is 0.319 bits per heavy atom. The highest BCUT2D eigenvalue weighted by Crippen LogP contribution is 2.23. The van der Waals surface area contributed by atoms with Crippen LogP contribution in [0.25, 0.3) is 0 Å². The van der Waals surface area contributed by atoms with E-state index in [4.69, 9.17) is 62.5 Å². The maximum atomic E-state index is 12.5. The number of nitrogens with one attached hydrogen (secondary N) is 6. The van der Waals surface area contributed by atoms with Gasteiger partial charge >= 0.3 is 54.5 Å². The molecule has 8 aromatic carbocycles. The standard InChI is InChI=1S/C46H54N4O13.C36H37N3O6.C5H10O3/c1-7-57-41(51)31(5)62-45(55)49-39-21-13-35(14-22-39)25-33-9-17-37(18-10-33)47-43(53)60-27-29(3)59-28-30(4)61-44(54)48-38-19-11-34(12-20-38)26-36-15-23-40(24-16-36)50-46(56)63-32(6)42(52)58-8-2;1-25-4-6-28(7-5-25)20-29-8-14-32(15-9-29)38-35(40)43-22-26(2)42-23-27(3)45-36(41)39-33-16-10-30(11-17-33)21-31-12-18-34(19-13-31)44-24-37;1-3-8-5(7)4(2)6/h9-24,29-32H,7-8,25-28H2,1-6H3,(H,47,53)(H,48,54)(H,49,55)(H,50,56);4-19,26-27H,20-23H2,1-3H3,(H,38,40)(H,39,41);4,6H,3H2,1-2H3. The Morgan fingerprint density at radius 3 is 0.810 bits per heavy atom. The molecule has 8 aromatic rings. The van der Waals surface area contributed by atoms with Gasteiger partial charge in [0.2, 0.25) is 0 Å². The van der Waals surface area contributed by atoms with Crippen LogP contribution in [-0.2, 0) is 92.2 Å². The van der Waals surface area contributed by atoms with Gasteiger partial charge in [0, 0.05) is 34.1 Å². The van der Waals surface area contributed by atoms with E-state index in [2.05, 4.69) is 67.8 Å². The smallest absolute Gasteiger partial charge is 0.412 e. The quantitative estimate of drug-likeness (QED) is 0.0110. The first kappa shape index (κ1) is 91.8. The molecular weight excluding hydrogens is 1490 g/mol. The molecular formula is C87H101N7O22. The van der Waals surface area contributed by atoms with E-state index >= 15 is 0 Å². The molecule has 116 heavy (non-hydrogen) atoms. The largest absolute Gasteiger partial charge is 0.464 e. The minimum atomic E-state index is -1.03. The first-order valence-electron chi connectivity index (χ1n) is 37.6. The predicted octanol–water partition coefficient (Wildman–Crippen LogP) is 16.0. The van der Waals surface area contributed by atoms with Gasteiger partial charge in [-0.25, -0.2) is 43.2 Å². The van der Waals surface area contributed by atoms with Crippen molar-refractivity contribution >= 4 is 88.6 Å². The number of nitriles is 1. The summed E-state index contributed by atoms with van der Waals surface area (Å²) in [5.74, 6) is -1.31. The molecule has 0 spiro atoms. The third kappa shape index (κ3) is 36.2. The Morgan fingerprint density at radius 2 is 0.560 bits per heavy atom. The van der Waals surface area contributed by atoms with E-state index in [-0.39, 0.29) is 39.6 Å². The van der Waals surface area contributed by atoms with E-state index < -0.39 is 97.2 Å². The van der Waals surface area contributed by atoms with Crippen molar-refractivity contribution in [2.24, 2.45) is 0 Å². The van der Waals surface area contributed by atoms with Crippen molar-refractivity contribution in [1.29, 1.82) is 5.26 Å². The van der Waals surface area contributed by atoms with E-state index in [1.165, 1.54) is 31.9 Å². The average Bonchev–Trinajstić information content (AvgIpc) is 0.879. The fraction of sp³-hybridized carbons (Fsp3) is 0.333. The van der Waals surface area contributed by atoms with Crippen LogP contribution in [-0.4, -0.2) is 149 Å². The molecule has 7 unspecified atom stereocenters. The van der Waals surface area contributed by atoms with Crippen molar-refractivity contribution in [3.8, 4) is 12.0 Å². The Kier molecular flexibility index (Phi) is 39.2. The number of carbonyl (C=O) groups excluding carboxylic acids is 9. The molecule has 0 heterocycles. The van der Waals surface area contributed by atoms with Gasteiger partial charge in [-0.3, -0.25) is 31.9 Å². The molecule has 0 bridgehead atoms. The minimum absolute atomic E-state index is 0.0320. The van der Waals surface area contributed by atoms with Crippen molar-refractivity contribution in [3.05, 3.63) is 244 Å². The molecule has 0 fully saturated rings. The maximum Gasteiger partial charge on any atom is 0.412 e. The van der Waals surface area contributed by atoms with Gasteiger partial charge in [0.05, 0.1) is 45.2 Å². The number of hydrogen-bond acceptors (Lipinski definition) is 23. The summed E-state index contributed by atoms with van der Waals surface area (Å²) in [5.41, 5.74) is 13.0. The van der Waals surface area contributed by atoms with Crippen molar-refractivity contribution in [1.82, 2.24) is 0 Å². The SMILES string of the molecule is CCOC(=O)C(C)O.CCOC(=O)C(C)OC(=O)Nc1ccc(Cc2ccc(NC(=O)OCC(C)OCC(C)OC(=O)Nc3ccc(Cc4ccc(NC(=O)OC(C)C(=O)OCC)cc4)cc3)cc2)cc1.Cc1ccc(Cc2ccc(NC(=O)OCC(C)OCC(C)OC(=O)Nc3ccc(Cc4ccc(OC#N)cc4)cc3)cc2)cc1. The fourth-order valence-electron chi connectivity index (χ4n) is 10.2. The van der Waals surface area contributed by atoms with Gasteiger partial charge in [-0.05, 0) is 231 Å². The van der Waals surface area contributed by atoms with Gasteiger partial charge in [0.15, 0.2) is 12.2 Å². The number of hydrogen-bond donors (Lipinski definition) is 7. The Balaban J connectivity index is 0.000000343. The summed E-state index contributed by atoms with van der Waals surface area (Å²) >= 11 is 0. The molecule has 0 radical (unpaired) electrons. The van der Waals surface area contributed by atoms with Crippen LogP contribution in [0.15, 0.2) is 194 Å². The van der Waals surface area contributed by atoms with Gasteiger partial charge in [-0.15, -0.1) is 5.26 Å². The van der Waals surface area contributed by atoms with Gasteiger partial charge in [0.1, 0.15) is 37.3 Å². The van der Waals surface area contributed by atoms with Crippen molar-refractivity contribution in [2.75, 3.05) is 78.1 Å². The Hall–Kier alpha value is -13.0. The molecule has 29 nitrogen and oxygen atoms in total. The number of aliphatic hydroxyl groups excluding tert-OH is 1. The molecule has 0 saturated carbocycles. The van der Waals surface area contributed by atoms with E-state index in [1.54, 1.807) is 128 Å². The molecule has 7 atom stereocenters. The molecule has 0 aliphatic heterocycles. The van der Waals surface area contributed by atoms with Crippen molar-refractivity contribution in [2.45, 2.75) is 145 Å². The zero-order valence-corrected chi connectivity index (χ0v) is 66.8. The third-order valence-electron chi connectivity index (χ3n) is 16.2. The lowest BCUT2D eigenvalue weighted by molar-refractivity contribution is -0.152. The molecule has 7 N–H and O–H groups in total. The first-order valence-corrected chi connectivity index (χ1v) is 37.6. The predicted molar refractivity (Wildman–Crippen MR) is 434 cm³/mol. The third-order valence-corrected chi connectivity index (χ3v) is 16.2. The zero-order chi connectivity index (χ0) is 84.3. The van der Waals surface area contributed by atoms with Gasteiger partial charge in [-0.2, -0.15) is 0 Å². The maximum absolute atomic E-state index is 12.5. The van der Waals surface area contributed by atoms with Crippen LogP contribution in [0.1, 0.15) is 119 Å². The topological polar surface area (TPSA) is 381 Å². The summed E-state index contributed by atoms with van der Waals surface area (Å²) < 4.78 is 61.8. The molecule has 0 aromatic heterocycles. The highest BCUT2D eigenvalue weighted by Gasteiger charge is 2.22. The molecule has 616 valence electrons. The van der Waals surface area contributed by atoms with Gasteiger partial charge < -0.3 is 61.9 Å². The normalized spacial score (nSPS) is 12.3. The van der Waals surface area contributed by atoms with E-state index in [1.807, 2.05) is 97.1 Å². The average molecular weight is 1600 g/mol. The molecule has 0 saturated heterocycles. The van der Waals surface area contributed by atoms with Crippen molar-refractivity contribution < 1.29 is 105 Å². The van der Waals surface area contributed by atoms with Gasteiger partial charge in [-0.1, -0.05) is 115 Å². The molecule has 0 aliphatic carbocycles. The molecule has 29 heteroatoms. The van der Waals surface area contributed by atoms with Crippen LogP contribution in [0.4, 0.5) is 62.9 Å². The van der Waals surface area contributed by atoms with Crippen LogP contribution in [0.3, 0.4) is 0 Å². The number of amides is 6. The zero-order valence-electron chi connectivity index (χ0n) is 66.8. The molecule has 6 amide bonds. The number of ether oxygens (including phenoxy) is 12. The number of nitrogens with zero attached hydrogens (tertiary/aromatic N) is 1. The van der Waals surface area contributed by atoms with E-state index in [0.717, 1.165) is 45.4 Å². The van der Waals surface area contributed by atoms with Crippen LogP contribution in [0.2, 0.25) is 0 Å². The summed E-state index contributed by atoms with van der Waals surface area (Å²) in [6, 6.07) is 59.6. The number of aliphatic hydroxyl groups is 1. The Bertz CT molecular complexity index is 4430. The van der Waals surface area contributed by atoms with Crippen LogP contribution in [0, 0.1) is 18.4 Å². The van der Waals surface area contributed by atoms with Crippen LogP contribution >= 0.6 is 0 Å². The van der Waals surface area contributed by atoms with Gasteiger partial charge in [0.25, 0.3) is 6.26 Å². The highest BCUT2D eigenvalue weighted by atomic mass is 16.6. The molecule has 0 aliphatic rings. The number of benzene rings is 8. The summed E-state index contributed by atoms with van der Waals surface area (Å²) in [5, 5.41) is 33.0. The second kappa shape index (κ2) is 49.5.